The molecule has 6 heteroatoms. The van der Waals surface area contributed by atoms with E-state index in [9.17, 15) is 14.7 Å². The molecule has 2 aromatic rings. The number of hydrogen-bond donors (Lipinski definition) is 2. The first kappa shape index (κ1) is 22.1. The largest absolute Gasteiger partial charge is 0.480 e. The first-order valence-corrected chi connectivity index (χ1v) is 11.0. The van der Waals surface area contributed by atoms with Gasteiger partial charge in [0.15, 0.2) is 0 Å². The summed E-state index contributed by atoms with van der Waals surface area (Å²) in [5.41, 5.74) is 3.96. The normalized spacial score (nSPS) is 21.9. The molecule has 6 nitrogen and oxygen atoms in total. The van der Waals surface area contributed by atoms with Crippen molar-refractivity contribution in [1.82, 2.24) is 5.32 Å². The van der Waals surface area contributed by atoms with Crippen LogP contribution in [0.3, 0.4) is 0 Å². The van der Waals surface area contributed by atoms with Gasteiger partial charge in [0.1, 0.15) is 12.6 Å². The molecule has 1 heterocycles. The molecule has 4 rings (SSSR count). The summed E-state index contributed by atoms with van der Waals surface area (Å²) < 4.78 is 6.32. The lowest BCUT2D eigenvalue weighted by Gasteiger charge is -2.34. The fraction of sp³-hybridized carbons (Fsp3) is 0.385. The van der Waals surface area contributed by atoms with Crippen molar-refractivity contribution in [3.05, 3.63) is 72.3 Å². The number of quaternary nitrogens is 1. The van der Waals surface area contributed by atoms with E-state index >= 15 is 0 Å². The molecule has 1 aliphatic heterocycles. The predicted molar refractivity (Wildman–Crippen MR) is 123 cm³/mol. The van der Waals surface area contributed by atoms with Crippen LogP contribution in [0.25, 0.3) is 11.1 Å². The Morgan fingerprint density at radius 2 is 1.78 bits per heavy atom. The van der Waals surface area contributed by atoms with Crippen molar-refractivity contribution in [2.24, 2.45) is 5.41 Å². The Hall–Kier alpha value is -3.12. The molecular formula is C26H31N2O4+. The lowest BCUT2D eigenvalue weighted by molar-refractivity contribution is -0.881. The molecule has 1 fully saturated rings. The number of fused-ring (bicyclic) bond motifs is 3. The van der Waals surface area contributed by atoms with E-state index in [0.29, 0.717) is 23.9 Å². The molecule has 0 saturated carbocycles. The molecule has 2 aromatic carbocycles. The number of nitrogens with zero attached hydrogens (tertiary/aromatic N) is 1. The van der Waals surface area contributed by atoms with Crippen LogP contribution < -0.4 is 5.32 Å². The fourth-order valence-corrected chi connectivity index (χ4v) is 5.58. The van der Waals surface area contributed by atoms with Crippen LogP contribution in [-0.2, 0) is 9.53 Å². The van der Waals surface area contributed by atoms with E-state index in [-0.39, 0.29) is 12.5 Å². The van der Waals surface area contributed by atoms with Gasteiger partial charge in [0.25, 0.3) is 0 Å². The van der Waals surface area contributed by atoms with Crippen LogP contribution in [0.1, 0.15) is 29.9 Å². The highest BCUT2D eigenvalue weighted by molar-refractivity contribution is 5.81. The van der Waals surface area contributed by atoms with Crippen LogP contribution in [0.15, 0.2) is 61.2 Å². The van der Waals surface area contributed by atoms with E-state index in [2.05, 4.69) is 50.3 Å². The summed E-state index contributed by atoms with van der Waals surface area (Å²) in [7, 11) is 4.16. The van der Waals surface area contributed by atoms with Gasteiger partial charge in [-0.25, -0.2) is 9.59 Å². The number of aliphatic carboxylic acids is 1. The number of carbonyl (C=O) groups is 2. The zero-order chi connectivity index (χ0) is 22.9. The molecule has 1 amide bonds. The number of allylic oxidation sites excluding steroid dienone is 1. The second-order valence-corrected chi connectivity index (χ2v) is 9.66. The number of carboxylic acids is 1. The number of rotatable bonds is 7. The average Bonchev–Trinajstić information content (AvgIpc) is 3.25. The molecule has 2 atom stereocenters. The summed E-state index contributed by atoms with van der Waals surface area (Å²) in [5.74, 6) is -1.11. The Balaban J connectivity index is 1.49. The average molecular weight is 436 g/mol. The number of ether oxygens (including phenoxy) is 1. The number of amides is 1. The van der Waals surface area contributed by atoms with Gasteiger partial charge in [0.2, 0.25) is 0 Å². The van der Waals surface area contributed by atoms with E-state index in [1.165, 1.54) is 0 Å². The standard InChI is InChI=1S/C26H30N2O4/c1-4-13-26(14-15-28(2,3)17-26)23(24(29)30)27-25(31)32-16-22-20-11-7-5-9-18(20)19-10-6-8-12-21(19)22/h4-12,22-23H,1,13-17H2,2-3H3,(H-,27,29,30,31)/p+1/t23-,26-/m1/s1. The highest BCUT2D eigenvalue weighted by Crippen LogP contribution is 2.44. The second kappa shape index (κ2) is 8.43. The molecular weight excluding hydrogens is 404 g/mol. The van der Waals surface area contributed by atoms with Crippen molar-refractivity contribution in [2.75, 3.05) is 33.8 Å². The van der Waals surface area contributed by atoms with Gasteiger partial charge in [0, 0.05) is 12.3 Å². The minimum atomic E-state index is -1.04. The molecule has 0 aromatic heterocycles. The summed E-state index contributed by atoms with van der Waals surface area (Å²) in [6.07, 6.45) is 2.28. The predicted octanol–water partition coefficient (Wildman–Crippen LogP) is 4.02. The molecule has 1 saturated heterocycles. The van der Waals surface area contributed by atoms with E-state index in [4.69, 9.17) is 4.74 Å². The summed E-state index contributed by atoms with van der Waals surface area (Å²) >= 11 is 0. The SMILES string of the molecule is C=CC[C@@]1([C@H](NC(=O)OCC2c3ccccc3-c3ccccc32)C(=O)O)CC[N+](C)(C)C1. The maximum atomic E-state index is 12.8. The van der Waals surface area contributed by atoms with Crippen molar-refractivity contribution in [2.45, 2.75) is 24.8 Å². The van der Waals surface area contributed by atoms with E-state index < -0.39 is 23.5 Å². The summed E-state index contributed by atoms with van der Waals surface area (Å²) in [4.78, 5) is 25.0. The number of nitrogens with one attached hydrogen (secondary N) is 1. The van der Waals surface area contributed by atoms with Gasteiger partial charge in [-0.15, -0.1) is 6.58 Å². The van der Waals surface area contributed by atoms with Gasteiger partial charge < -0.3 is 19.6 Å². The third-order valence-corrected chi connectivity index (χ3v) is 6.97. The Morgan fingerprint density at radius 3 is 2.28 bits per heavy atom. The molecule has 0 spiro atoms. The van der Waals surface area contributed by atoms with Crippen molar-refractivity contribution < 1.29 is 23.9 Å². The highest BCUT2D eigenvalue weighted by atomic mass is 16.5. The Bertz CT molecular complexity index is 1000. The third-order valence-electron chi connectivity index (χ3n) is 6.97. The zero-order valence-corrected chi connectivity index (χ0v) is 18.7. The van der Waals surface area contributed by atoms with E-state index in [0.717, 1.165) is 28.8 Å². The molecule has 0 bridgehead atoms. The van der Waals surface area contributed by atoms with Crippen LogP contribution in [0.5, 0.6) is 0 Å². The van der Waals surface area contributed by atoms with Gasteiger partial charge in [-0.2, -0.15) is 0 Å². The smallest absolute Gasteiger partial charge is 0.407 e. The van der Waals surface area contributed by atoms with Crippen LogP contribution in [0.2, 0.25) is 0 Å². The number of benzene rings is 2. The first-order chi connectivity index (χ1) is 15.3. The molecule has 2 aliphatic rings. The van der Waals surface area contributed by atoms with Crippen LogP contribution in [0.4, 0.5) is 4.79 Å². The number of likely N-dealkylation sites (tertiary alicyclic amines) is 1. The lowest BCUT2D eigenvalue weighted by Crippen LogP contribution is -2.55. The fourth-order valence-electron chi connectivity index (χ4n) is 5.58. The van der Waals surface area contributed by atoms with Crippen LogP contribution in [0, 0.1) is 5.41 Å². The number of carboxylic acid groups (broad SMARTS) is 1. The molecule has 32 heavy (non-hydrogen) atoms. The molecule has 1 aliphatic carbocycles. The second-order valence-electron chi connectivity index (χ2n) is 9.66. The number of alkyl carbamates (subject to hydrolysis) is 1. The van der Waals surface area contributed by atoms with Crippen molar-refractivity contribution in [3.63, 3.8) is 0 Å². The summed E-state index contributed by atoms with van der Waals surface area (Å²) in [5, 5.41) is 12.6. The molecule has 2 N–H and O–H groups in total. The quantitative estimate of drug-likeness (QED) is 0.509. The van der Waals surface area contributed by atoms with Gasteiger partial charge in [-0.3, -0.25) is 0 Å². The van der Waals surface area contributed by atoms with Crippen molar-refractivity contribution in [1.29, 1.82) is 0 Å². The van der Waals surface area contributed by atoms with Crippen molar-refractivity contribution >= 4 is 12.1 Å². The lowest BCUT2D eigenvalue weighted by atomic mass is 9.76. The monoisotopic (exact) mass is 435 g/mol. The van der Waals surface area contributed by atoms with Gasteiger partial charge in [-0.05, 0) is 28.7 Å². The minimum Gasteiger partial charge on any atom is -0.480 e. The third kappa shape index (κ3) is 4.02. The summed E-state index contributed by atoms with van der Waals surface area (Å²) in [6, 6.07) is 15.2. The first-order valence-electron chi connectivity index (χ1n) is 11.0. The van der Waals surface area contributed by atoms with Gasteiger partial charge in [-0.1, -0.05) is 54.6 Å². The maximum absolute atomic E-state index is 12.8. The van der Waals surface area contributed by atoms with E-state index in [1.807, 2.05) is 24.3 Å². The minimum absolute atomic E-state index is 0.0688. The van der Waals surface area contributed by atoms with E-state index in [1.54, 1.807) is 6.08 Å². The maximum Gasteiger partial charge on any atom is 0.407 e. The number of carbonyl (C=O) groups excluding carboxylic acids is 1. The van der Waals surface area contributed by atoms with Crippen LogP contribution >= 0.6 is 0 Å². The zero-order valence-electron chi connectivity index (χ0n) is 18.7. The van der Waals surface area contributed by atoms with Gasteiger partial charge >= 0.3 is 12.1 Å². The van der Waals surface area contributed by atoms with Gasteiger partial charge in [0.05, 0.1) is 32.6 Å². The van der Waals surface area contributed by atoms with Crippen LogP contribution in [-0.4, -0.2) is 61.5 Å². The molecule has 168 valence electrons. The Kier molecular flexibility index (Phi) is 5.82. The number of hydrogen-bond acceptors (Lipinski definition) is 3. The Labute approximate surface area is 189 Å². The topological polar surface area (TPSA) is 75.6 Å². The van der Waals surface area contributed by atoms with Crippen molar-refractivity contribution in [3.8, 4) is 11.1 Å². The Morgan fingerprint density at radius 1 is 1.19 bits per heavy atom. The highest BCUT2D eigenvalue weighted by Gasteiger charge is 2.52. The molecule has 0 radical (unpaired) electrons. The molecule has 0 unspecified atom stereocenters. The summed E-state index contributed by atoms with van der Waals surface area (Å²) in [6.45, 7) is 5.48.